The lowest BCUT2D eigenvalue weighted by atomic mass is 9.90. The molecule has 0 radical (unpaired) electrons. The molecule has 21 heavy (non-hydrogen) atoms. The Labute approximate surface area is 130 Å². The second-order valence-corrected chi connectivity index (χ2v) is 8.87. The summed E-state index contributed by atoms with van der Waals surface area (Å²) in [6, 6.07) is 0.683. The number of rotatable bonds is 8. The lowest BCUT2D eigenvalue weighted by molar-refractivity contribution is 0.291. The maximum Gasteiger partial charge on any atom is 0.211 e. The van der Waals surface area contributed by atoms with Crippen LogP contribution in [0.5, 0.6) is 0 Å². The molecule has 0 aromatic carbocycles. The molecular weight excluding hydrogens is 284 g/mol. The smallest absolute Gasteiger partial charge is 0.211 e. The van der Waals surface area contributed by atoms with Crippen molar-refractivity contribution in [3.8, 4) is 0 Å². The zero-order valence-corrected chi connectivity index (χ0v) is 14.3. The molecule has 4 nitrogen and oxygen atoms in total. The summed E-state index contributed by atoms with van der Waals surface area (Å²) in [4.78, 5) is 2.41. The van der Waals surface area contributed by atoms with Crippen LogP contribution < -0.4 is 4.72 Å². The lowest BCUT2D eigenvalue weighted by Gasteiger charge is -2.22. The lowest BCUT2D eigenvalue weighted by Crippen LogP contribution is -2.32. The predicted molar refractivity (Wildman–Crippen MR) is 87.9 cm³/mol. The quantitative estimate of drug-likeness (QED) is 0.701. The number of unbranched alkanes of at least 4 members (excludes halogenated alkanes) is 1. The Morgan fingerprint density at radius 1 is 1.05 bits per heavy atom. The van der Waals surface area contributed by atoms with E-state index in [-0.39, 0.29) is 0 Å². The van der Waals surface area contributed by atoms with Gasteiger partial charge in [-0.15, -0.1) is 0 Å². The summed E-state index contributed by atoms with van der Waals surface area (Å²) in [6.07, 6.45) is 11.8. The molecule has 1 heterocycles. The van der Waals surface area contributed by atoms with E-state index in [1.54, 1.807) is 0 Å². The second-order valence-electron chi connectivity index (χ2n) is 6.94. The molecular formula is C16H32N2O2S. The number of nitrogens with one attached hydrogen (secondary N) is 1. The van der Waals surface area contributed by atoms with Crippen molar-refractivity contribution in [1.82, 2.24) is 9.62 Å². The first kappa shape index (κ1) is 17.2. The third kappa shape index (κ3) is 6.25. The minimum Gasteiger partial charge on any atom is -0.303 e. The van der Waals surface area contributed by atoms with Gasteiger partial charge in [0.05, 0.1) is 5.75 Å². The molecule has 0 amide bonds. The molecule has 5 heteroatoms. The minimum atomic E-state index is -3.05. The van der Waals surface area contributed by atoms with Gasteiger partial charge in [0.2, 0.25) is 10.0 Å². The first-order chi connectivity index (χ1) is 10.1. The summed E-state index contributed by atoms with van der Waals surface area (Å²) < 4.78 is 26.9. The Bertz CT molecular complexity index is 391. The molecule has 1 aliphatic heterocycles. The van der Waals surface area contributed by atoms with Crippen LogP contribution in [-0.2, 0) is 10.0 Å². The third-order valence-electron chi connectivity index (χ3n) is 5.19. The van der Waals surface area contributed by atoms with Crippen LogP contribution in [0, 0.1) is 5.92 Å². The highest BCUT2D eigenvalue weighted by Crippen LogP contribution is 2.23. The maximum atomic E-state index is 12.0. The average Bonchev–Trinajstić information content (AvgIpc) is 2.88. The van der Waals surface area contributed by atoms with Crippen LogP contribution in [0.4, 0.5) is 0 Å². The van der Waals surface area contributed by atoms with E-state index in [0.29, 0.717) is 24.3 Å². The van der Waals surface area contributed by atoms with E-state index < -0.39 is 10.0 Å². The van der Waals surface area contributed by atoms with Crippen molar-refractivity contribution in [2.45, 2.75) is 70.3 Å². The van der Waals surface area contributed by atoms with Crippen LogP contribution in [0.3, 0.4) is 0 Å². The van der Waals surface area contributed by atoms with Gasteiger partial charge in [0, 0.05) is 12.6 Å². The zero-order chi connectivity index (χ0) is 15.1. The van der Waals surface area contributed by atoms with Crippen LogP contribution in [0.2, 0.25) is 0 Å². The van der Waals surface area contributed by atoms with Gasteiger partial charge < -0.3 is 4.90 Å². The van der Waals surface area contributed by atoms with Crippen LogP contribution in [0.1, 0.15) is 64.2 Å². The molecule has 2 fully saturated rings. The summed E-state index contributed by atoms with van der Waals surface area (Å²) in [5, 5.41) is 0. The van der Waals surface area contributed by atoms with E-state index in [2.05, 4.69) is 16.7 Å². The highest BCUT2D eigenvalue weighted by Gasteiger charge is 2.21. The Balaban J connectivity index is 1.57. The fraction of sp³-hybridized carbons (Fsp3) is 1.00. The van der Waals surface area contributed by atoms with Crippen molar-refractivity contribution in [2.75, 3.05) is 25.9 Å². The topological polar surface area (TPSA) is 49.4 Å². The van der Waals surface area contributed by atoms with Crippen molar-refractivity contribution in [2.24, 2.45) is 5.92 Å². The molecule has 1 aliphatic carbocycles. The van der Waals surface area contributed by atoms with E-state index in [4.69, 9.17) is 0 Å². The van der Waals surface area contributed by atoms with Crippen molar-refractivity contribution in [3.05, 3.63) is 0 Å². The molecule has 1 N–H and O–H groups in total. The van der Waals surface area contributed by atoms with Crippen LogP contribution in [-0.4, -0.2) is 45.2 Å². The van der Waals surface area contributed by atoms with Gasteiger partial charge in [-0.2, -0.15) is 0 Å². The molecule has 1 saturated carbocycles. The zero-order valence-electron chi connectivity index (χ0n) is 13.5. The second kappa shape index (κ2) is 8.49. The Hall–Kier alpha value is -0.130. The summed E-state index contributed by atoms with van der Waals surface area (Å²) in [7, 11) is -0.873. The summed E-state index contributed by atoms with van der Waals surface area (Å²) in [6.45, 7) is 1.86. The number of hydrogen-bond donors (Lipinski definition) is 1. The molecule has 0 bridgehead atoms. The van der Waals surface area contributed by atoms with E-state index in [9.17, 15) is 8.42 Å². The number of nitrogens with zero attached hydrogens (tertiary/aromatic N) is 1. The maximum absolute atomic E-state index is 12.0. The van der Waals surface area contributed by atoms with E-state index in [0.717, 1.165) is 19.3 Å². The average molecular weight is 317 g/mol. The van der Waals surface area contributed by atoms with Gasteiger partial charge in [-0.25, -0.2) is 13.1 Å². The van der Waals surface area contributed by atoms with Crippen molar-refractivity contribution >= 4 is 10.0 Å². The monoisotopic (exact) mass is 316 g/mol. The standard InChI is InChI=1S/C16H32N2O2S/c1-18-12-7-11-16(18)10-5-6-13-21(19,20)17-14-15-8-3-2-4-9-15/h15-17H,2-14H2,1H3/t16-/m0/s1. The highest BCUT2D eigenvalue weighted by molar-refractivity contribution is 7.89. The highest BCUT2D eigenvalue weighted by atomic mass is 32.2. The summed E-state index contributed by atoms with van der Waals surface area (Å²) in [5.41, 5.74) is 0. The van der Waals surface area contributed by atoms with Crippen molar-refractivity contribution in [1.29, 1.82) is 0 Å². The molecule has 0 unspecified atom stereocenters. The van der Waals surface area contributed by atoms with Gasteiger partial charge in [0.1, 0.15) is 0 Å². The molecule has 0 spiro atoms. The summed E-state index contributed by atoms with van der Waals surface area (Å²) >= 11 is 0. The van der Waals surface area contributed by atoms with Gasteiger partial charge >= 0.3 is 0 Å². The first-order valence-electron chi connectivity index (χ1n) is 8.74. The number of likely N-dealkylation sites (tertiary alicyclic amines) is 1. The van der Waals surface area contributed by atoms with Crippen LogP contribution in [0.15, 0.2) is 0 Å². The molecule has 0 aromatic heterocycles. The van der Waals surface area contributed by atoms with Gasteiger partial charge in [-0.05, 0) is 58.0 Å². The molecule has 124 valence electrons. The van der Waals surface area contributed by atoms with E-state index >= 15 is 0 Å². The predicted octanol–water partition coefficient (Wildman–Crippen LogP) is 2.75. The third-order valence-corrected chi connectivity index (χ3v) is 6.62. The Kier molecular flexibility index (Phi) is 6.96. The summed E-state index contributed by atoms with van der Waals surface area (Å²) in [5.74, 6) is 0.872. The van der Waals surface area contributed by atoms with Gasteiger partial charge in [0.25, 0.3) is 0 Å². The number of hydrogen-bond acceptors (Lipinski definition) is 3. The minimum absolute atomic E-state index is 0.302. The largest absolute Gasteiger partial charge is 0.303 e. The fourth-order valence-electron chi connectivity index (χ4n) is 3.72. The molecule has 1 atom stereocenters. The van der Waals surface area contributed by atoms with Crippen LogP contribution >= 0.6 is 0 Å². The van der Waals surface area contributed by atoms with Gasteiger partial charge in [0.15, 0.2) is 0 Å². The van der Waals surface area contributed by atoms with Gasteiger partial charge in [-0.1, -0.05) is 25.7 Å². The van der Waals surface area contributed by atoms with E-state index in [1.165, 1.54) is 51.5 Å². The van der Waals surface area contributed by atoms with Crippen molar-refractivity contribution < 1.29 is 8.42 Å². The van der Waals surface area contributed by atoms with Crippen LogP contribution in [0.25, 0.3) is 0 Å². The Morgan fingerprint density at radius 2 is 1.81 bits per heavy atom. The molecule has 2 rings (SSSR count). The molecule has 2 aliphatic rings. The fourth-order valence-corrected chi connectivity index (χ4v) is 4.94. The van der Waals surface area contributed by atoms with Gasteiger partial charge in [-0.3, -0.25) is 0 Å². The Morgan fingerprint density at radius 3 is 2.48 bits per heavy atom. The number of sulfonamides is 1. The molecule has 1 saturated heterocycles. The van der Waals surface area contributed by atoms with E-state index in [1.807, 2.05) is 0 Å². The first-order valence-corrected chi connectivity index (χ1v) is 10.4. The SMILES string of the molecule is CN1CCC[C@@H]1CCCCS(=O)(=O)NCC1CCCCC1. The normalized spacial score (nSPS) is 25.5. The van der Waals surface area contributed by atoms with Crippen molar-refractivity contribution in [3.63, 3.8) is 0 Å². The molecule has 0 aromatic rings.